The Morgan fingerprint density at radius 2 is 1.83 bits per heavy atom. The van der Waals surface area contributed by atoms with E-state index in [-0.39, 0.29) is 11.8 Å². The zero-order valence-electron chi connectivity index (χ0n) is 18.6. The maximum absolute atomic E-state index is 12.5. The maximum Gasteiger partial charge on any atom is 0.223 e. The second-order valence-electron chi connectivity index (χ2n) is 8.04. The van der Waals surface area contributed by atoms with Gasteiger partial charge in [0.1, 0.15) is 5.82 Å². The van der Waals surface area contributed by atoms with E-state index in [1.165, 1.54) is 5.56 Å². The third kappa shape index (κ3) is 6.02. The zero-order chi connectivity index (χ0) is 21.3. The fourth-order valence-corrected chi connectivity index (χ4v) is 3.94. The van der Waals surface area contributed by atoms with E-state index in [9.17, 15) is 4.79 Å². The van der Waals surface area contributed by atoms with E-state index in [1.807, 2.05) is 12.3 Å². The summed E-state index contributed by atoms with van der Waals surface area (Å²) in [7, 11) is 0. The van der Waals surface area contributed by atoms with Gasteiger partial charge in [-0.2, -0.15) is 0 Å². The SMILES string of the molecule is CCN(CC)CCCNC(=O)C1CCN(c2ccnc(-c3ccc(C)cc3)n2)CC1. The van der Waals surface area contributed by atoms with Crippen LogP contribution >= 0.6 is 0 Å². The number of nitrogens with one attached hydrogen (secondary N) is 1. The van der Waals surface area contributed by atoms with Gasteiger partial charge in [-0.15, -0.1) is 0 Å². The van der Waals surface area contributed by atoms with Crippen molar-refractivity contribution in [2.45, 2.75) is 40.0 Å². The molecule has 0 aliphatic carbocycles. The van der Waals surface area contributed by atoms with Gasteiger partial charge in [-0.1, -0.05) is 43.7 Å². The Balaban J connectivity index is 1.48. The fourth-order valence-electron chi connectivity index (χ4n) is 3.94. The summed E-state index contributed by atoms with van der Waals surface area (Å²) in [5.74, 6) is 2.00. The minimum atomic E-state index is 0.105. The average molecular weight is 410 g/mol. The van der Waals surface area contributed by atoms with Crippen LogP contribution in [0.2, 0.25) is 0 Å². The van der Waals surface area contributed by atoms with Gasteiger partial charge in [-0.25, -0.2) is 9.97 Å². The van der Waals surface area contributed by atoms with E-state index in [0.717, 1.165) is 75.7 Å². The predicted octanol–water partition coefficient (Wildman–Crippen LogP) is 3.52. The summed E-state index contributed by atoms with van der Waals surface area (Å²) >= 11 is 0. The molecule has 0 bridgehead atoms. The summed E-state index contributed by atoms with van der Waals surface area (Å²) in [4.78, 5) is 26.4. The van der Waals surface area contributed by atoms with E-state index in [4.69, 9.17) is 4.98 Å². The van der Waals surface area contributed by atoms with Crippen molar-refractivity contribution in [3.8, 4) is 11.4 Å². The Labute approximate surface area is 180 Å². The number of carbonyl (C=O) groups is 1. The topological polar surface area (TPSA) is 61.4 Å². The number of hydrogen-bond donors (Lipinski definition) is 1. The van der Waals surface area contributed by atoms with E-state index >= 15 is 0 Å². The van der Waals surface area contributed by atoms with Crippen LogP contribution in [-0.4, -0.2) is 60.0 Å². The molecule has 0 spiro atoms. The molecule has 1 amide bonds. The van der Waals surface area contributed by atoms with Crippen molar-refractivity contribution in [2.75, 3.05) is 44.2 Å². The summed E-state index contributed by atoms with van der Waals surface area (Å²) in [6, 6.07) is 10.2. The third-order valence-electron chi connectivity index (χ3n) is 5.99. The second kappa shape index (κ2) is 11.1. The van der Waals surface area contributed by atoms with Crippen molar-refractivity contribution in [1.29, 1.82) is 0 Å². The number of piperidine rings is 1. The van der Waals surface area contributed by atoms with Gasteiger partial charge in [0.15, 0.2) is 5.82 Å². The molecule has 6 nitrogen and oxygen atoms in total. The Kier molecular flexibility index (Phi) is 8.20. The molecule has 0 saturated carbocycles. The normalized spacial score (nSPS) is 14.9. The van der Waals surface area contributed by atoms with Crippen LogP contribution in [0.15, 0.2) is 36.5 Å². The monoisotopic (exact) mass is 409 g/mol. The number of hydrogen-bond acceptors (Lipinski definition) is 5. The smallest absolute Gasteiger partial charge is 0.223 e. The highest BCUT2D eigenvalue weighted by Crippen LogP contribution is 2.24. The molecular weight excluding hydrogens is 374 g/mol. The molecule has 1 fully saturated rings. The molecule has 30 heavy (non-hydrogen) atoms. The molecule has 2 heterocycles. The van der Waals surface area contributed by atoms with Gasteiger partial charge in [-0.3, -0.25) is 4.79 Å². The molecule has 3 rings (SSSR count). The summed E-state index contributed by atoms with van der Waals surface area (Å²) < 4.78 is 0. The molecule has 1 aliphatic rings. The lowest BCUT2D eigenvalue weighted by molar-refractivity contribution is -0.125. The van der Waals surface area contributed by atoms with Crippen molar-refractivity contribution >= 4 is 11.7 Å². The lowest BCUT2D eigenvalue weighted by atomic mass is 9.96. The highest BCUT2D eigenvalue weighted by molar-refractivity contribution is 5.79. The van der Waals surface area contributed by atoms with Gasteiger partial charge in [0.05, 0.1) is 0 Å². The van der Waals surface area contributed by atoms with Crippen molar-refractivity contribution in [2.24, 2.45) is 5.92 Å². The van der Waals surface area contributed by atoms with Crippen molar-refractivity contribution in [3.05, 3.63) is 42.1 Å². The number of nitrogens with zero attached hydrogens (tertiary/aromatic N) is 4. The van der Waals surface area contributed by atoms with Crippen LogP contribution < -0.4 is 10.2 Å². The predicted molar refractivity (Wildman–Crippen MR) is 123 cm³/mol. The van der Waals surface area contributed by atoms with Crippen LogP contribution in [0.4, 0.5) is 5.82 Å². The molecule has 1 aromatic carbocycles. The number of rotatable bonds is 9. The van der Waals surface area contributed by atoms with Crippen LogP contribution in [-0.2, 0) is 4.79 Å². The number of amides is 1. The Hall–Kier alpha value is -2.47. The van der Waals surface area contributed by atoms with Gasteiger partial charge >= 0.3 is 0 Å². The zero-order valence-corrected chi connectivity index (χ0v) is 18.6. The molecule has 0 atom stereocenters. The van der Waals surface area contributed by atoms with Gasteiger partial charge in [-0.05, 0) is 51.9 Å². The number of carbonyl (C=O) groups excluding carboxylic acids is 1. The molecule has 1 N–H and O–H groups in total. The second-order valence-corrected chi connectivity index (χ2v) is 8.04. The van der Waals surface area contributed by atoms with Crippen LogP contribution in [0.5, 0.6) is 0 Å². The van der Waals surface area contributed by atoms with Gasteiger partial charge in [0.25, 0.3) is 0 Å². The highest BCUT2D eigenvalue weighted by Gasteiger charge is 2.25. The summed E-state index contributed by atoms with van der Waals surface area (Å²) in [5, 5.41) is 3.14. The summed E-state index contributed by atoms with van der Waals surface area (Å²) in [6.07, 6.45) is 4.57. The Morgan fingerprint density at radius 1 is 1.13 bits per heavy atom. The first kappa shape index (κ1) is 22.2. The minimum Gasteiger partial charge on any atom is -0.356 e. The largest absolute Gasteiger partial charge is 0.356 e. The van der Waals surface area contributed by atoms with Crippen molar-refractivity contribution < 1.29 is 4.79 Å². The van der Waals surface area contributed by atoms with E-state index in [1.54, 1.807) is 0 Å². The number of aromatic nitrogens is 2. The molecule has 6 heteroatoms. The quantitative estimate of drug-likeness (QED) is 0.642. The molecule has 2 aromatic rings. The molecule has 1 aromatic heterocycles. The van der Waals surface area contributed by atoms with Crippen LogP contribution in [0.3, 0.4) is 0 Å². The number of anilines is 1. The third-order valence-corrected chi connectivity index (χ3v) is 5.99. The summed E-state index contributed by atoms with van der Waals surface area (Å²) in [6.45, 7) is 12.1. The molecule has 0 radical (unpaired) electrons. The molecular formula is C24H35N5O. The minimum absolute atomic E-state index is 0.105. The molecule has 162 valence electrons. The summed E-state index contributed by atoms with van der Waals surface area (Å²) in [5.41, 5.74) is 2.25. The van der Waals surface area contributed by atoms with Gasteiger partial charge in [0.2, 0.25) is 5.91 Å². The standard InChI is InChI=1S/C24H35N5O/c1-4-28(5-2)16-6-14-26-24(30)21-12-17-29(18-13-21)22-11-15-25-23(27-22)20-9-7-19(3)8-10-20/h7-11,15,21H,4-6,12-14,16-18H2,1-3H3,(H,26,30). The van der Waals surface area contributed by atoms with E-state index in [0.29, 0.717) is 0 Å². The number of benzene rings is 1. The Morgan fingerprint density at radius 3 is 2.50 bits per heavy atom. The maximum atomic E-state index is 12.5. The van der Waals surface area contributed by atoms with Crippen LogP contribution in [0.25, 0.3) is 11.4 Å². The van der Waals surface area contributed by atoms with Gasteiger partial charge < -0.3 is 15.1 Å². The van der Waals surface area contributed by atoms with Crippen molar-refractivity contribution in [1.82, 2.24) is 20.2 Å². The van der Waals surface area contributed by atoms with E-state index in [2.05, 4.69) is 65.1 Å². The van der Waals surface area contributed by atoms with E-state index < -0.39 is 0 Å². The van der Waals surface area contributed by atoms with Crippen molar-refractivity contribution in [3.63, 3.8) is 0 Å². The first-order valence-electron chi connectivity index (χ1n) is 11.3. The molecule has 0 unspecified atom stereocenters. The van der Waals surface area contributed by atoms with Crippen LogP contribution in [0.1, 0.15) is 38.7 Å². The fraction of sp³-hybridized carbons (Fsp3) is 0.542. The van der Waals surface area contributed by atoms with Gasteiger partial charge in [0, 0.05) is 37.3 Å². The molecule has 1 saturated heterocycles. The first-order valence-corrected chi connectivity index (χ1v) is 11.3. The number of aryl methyl sites for hydroxylation is 1. The lowest BCUT2D eigenvalue weighted by Gasteiger charge is -2.32. The average Bonchev–Trinajstić information content (AvgIpc) is 2.80. The molecule has 1 aliphatic heterocycles. The Bertz CT molecular complexity index is 795. The highest BCUT2D eigenvalue weighted by atomic mass is 16.1. The van der Waals surface area contributed by atoms with Crippen LogP contribution in [0, 0.1) is 12.8 Å². The first-order chi connectivity index (χ1) is 14.6. The lowest BCUT2D eigenvalue weighted by Crippen LogP contribution is -2.41.